The number of hydrogen-bond donors (Lipinski definition) is 2. The van der Waals surface area contributed by atoms with E-state index in [1.54, 1.807) is 0 Å². The first-order valence-corrected chi connectivity index (χ1v) is 4.67. The summed E-state index contributed by atoms with van der Waals surface area (Å²) in [5.74, 6) is -0.370. The molecule has 0 aliphatic rings. The van der Waals surface area contributed by atoms with Crippen LogP contribution in [-0.2, 0) is 6.54 Å². The van der Waals surface area contributed by atoms with Crippen LogP contribution in [0, 0.1) is 0 Å². The van der Waals surface area contributed by atoms with Crippen LogP contribution >= 0.6 is 15.9 Å². The van der Waals surface area contributed by atoms with E-state index in [-0.39, 0.29) is 23.5 Å². The Morgan fingerprint density at radius 1 is 1.33 bits per heavy atom. The molecule has 0 spiro atoms. The van der Waals surface area contributed by atoms with Crippen molar-refractivity contribution in [2.24, 2.45) is 5.73 Å². The van der Waals surface area contributed by atoms with Gasteiger partial charge in [-0.25, -0.2) is 0 Å². The van der Waals surface area contributed by atoms with Crippen LogP contribution in [0.2, 0.25) is 0 Å². The fourth-order valence-electron chi connectivity index (χ4n) is 1.05. The van der Waals surface area contributed by atoms with Crippen molar-refractivity contribution in [3.05, 3.63) is 22.2 Å². The van der Waals surface area contributed by atoms with Gasteiger partial charge in [0.05, 0.1) is 5.69 Å². The van der Waals surface area contributed by atoms with E-state index < -0.39 is 6.36 Å². The van der Waals surface area contributed by atoms with Crippen molar-refractivity contribution >= 4 is 21.6 Å². The Labute approximate surface area is 92.3 Å². The number of rotatable bonds is 2. The summed E-state index contributed by atoms with van der Waals surface area (Å²) in [5.41, 5.74) is 11.1. The molecular formula is C8H8BrF3N2O. The number of hydrogen-bond acceptors (Lipinski definition) is 3. The van der Waals surface area contributed by atoms with Crippen LogP contribution in [0.5, 0.6) is 5.75 Å². The number of alkyl halides is 3. The van der Waals surface area contributed by atoms with E-state index in [1.807, 2.05) is 0 Å². The van der Waals surface area contributed by atoms with E-state index in [0.29, 0.717) is 4.47 Å². The molecule has 3 nitrogen and oxygen atoms in total. The van der Waals surface area contributed by atoms with Crippen molar-refractivity contribution in [1.29, 1.82) is 0 Å². The maximum atomic E-state index is 12.0. The second kappa shape index (κ2) is 4.28. The van der Waals surface area contributed by atoms with Gasteiger partial charge in [0, 0.05) is 16.6 Å². The molecule has 0 atom stereocenters. The molecule has 0 heterocycles. The van der Waals surface area contributed by atoms with E-state index in [0.717, 1.165) is 6.07 Å². The number of ether oxygens (including phenoxy) is 1. The van der Waals surface area contributed by atoms with Gasteiger partial charge in [-0.2, -0.15) is 0 Å². The average molecular weight is 285 g/mol. The lowest BCUT2D eigenvalue weighted by molar-refractivity contribution is -0.274. The summed E-state index contributed by atoms with van der Waals surface area (Å²) >= 11 is 3.08. The molecular weight excluding hydrogens is 277 g/mol. The minimum Gasteiger partial charge on any atom is -0.405 e. The molecule has 0 aliphatic carbocycles. The summed E-state index contributed by atoms with van der Waals surface area (Å²) in [7, 11) is 0. The topological polar surface area (TPSA) is 61.3 Å². The van der Waals surface area contributed by atoms with Gasteiger partial charge in [-0.1, -0.05) is 0 Å². The third-order valence-corrected chi connectivity index (χ3v) is 2.38. The predicted molar refractivity (Wildman–Crippen MR) is 53.1 cm³/mol. The van der Waals surface area contributed by atoms with Gasteiger partial charge in [0.2, 0.25) is 0 Å². The predicted octanol–water partition coefficient (Wildman–Crippen LogP) is 2.39. The van der Waals surface area contributed by atoms with Crippen LogP contribution < -0.4 is 16.2 Å². The highest BCUT2D eigenvalue weighted by Crippen LogP contribution is 2.33. The monoisotopic (exact) mass is 284 g/mol. The summed E-state index contributed by atoms with van der Waals surface area (Å²) in [6, 6.07) is 2.53. The van der Waals surface area contributed by atoms with Crippen molar-refractivity contribution in [1.82, 2.24) is 0 Å². The zero-order valence-electron chi connectivity index (χ0n) is 7.44. The van der Waals surface area contributed by atoms with Gasteiger partial charge in [-0.05, 0) is 28.1 Å². The van der Waals surface area contributed by atoms with Crippen LogP contribution in [0.15, 0.2) is 16.6 Å². The van der Waals surface area contributed by atoms with Crippen LogP contribution in [-0.4, -0.2) is 6.36 Å². The zero-order chi connectivity index (χ0) is 11.6. The normalized spacial score (nSPS) is 11.5. The third kappa shape index (κ3) is 3.00. The van der Waals surface area contributed by atoms with Crippen LogP contribution in [0.4, 0.5) is 18.9 Å². The van der Waals surface area contributed by atoms with Crippen molar-refractivity contribution in [3.8, 4) is 5.75 Å². The molecule has 0 bridgehead atoms. The molecule has 0 aromatic heterocycles. The highest BCUT2D eigenvalue weighted by atomic mass is 79.9. The fraction of sp³-hybridized carbons (Fsp3) is 0.250. The van der Waals surface area contributed by atoms with Crippen LogP contribution in [0.25, 0.3) is 0 Å². The van der Waals surface area contributed by atoms with E-state index in [1.165, 1.54) is 6.07 Å². The highest BCUT2D eigenvalue weighted by molar-refractivity contribution is 9.10. The maximum Gasteiger partial charge on any atom is 0.573 e. The number of halogens is 4. The first-order chi connectivity index (χ1) is 6.85. The Balaban J connectivity index is 3.14. The first kappa shape index (κ1) is 12.1. The molecule has 0 fully saturated rings. The van der Waals surface area contributed by atoms with Gasteiger partial charge in [0.1, 0.15) is 5.75 Å². The molecule has 84 valence electrons. The van der Waals surface area contributed by atoms with E-state index in [4.69, 9.17) is 11.5 Å². The second-order valence-corrected chi connectivity index (χ2v) is 3.54. The lowest BCUT2D eigenvalue weighted by atomic mass is 10.1. The third-order valence-electron chi connectivity index (χ3n) is 1.69. The summed E-state index contributed by atoms with van der Waals surface area (Å²) in [6.45, 7) is -0.128. The van der Waals surface area contributed by atoms with Crippen molar-refractivity contribution in [2.75, 3.05) is 5.73 Å². The number of nitrogens with two attached hydrogens (primary N) is 2. The lowest BCUT2D eigenvalue weighted by Gasteiger charge is -2.14. The van der Waals surface area contributed by atoms with Gasteiger partial charge < -0.3 is 16.2 Å². The van der Waals surface area contributed by atoms with E-state index >= 15 is 0 Å². The Morgan fingerprint density at radius 3 is 2.40 bits per heavy atom. The molecule has 1 aromatic rings. The van der Waals surface area contributed by atoms with Crippen LogP contribution in [0.3, 0.4) is 0 Å². The first-order valence-electron chi connectivity index (χ1n) is 3.88. The smallest absolute Gasteiger partial charge is 0.405 e. The standard InChI is InChI=1S/C8H8BrF3N2O/c9-5-1-2-6(15-8(10,11)12)4(3-13)7(5)14/h1-2H,3,13-14H2. The molecule has 0 aliphatic heterocycles. The Morgan fingerprint density at radius 2 is 1.93 bits per heavy atom. The Bertz CT molecular complexity index is 368. The SMILES string of the molecule is NCc1c(OC(F)(F)F)ccc(Br)c1N. The molecule has 1 rings (SSSR count). The van der Waals surface area contributed by atoms with E-state index in [9.17, 15) is 13.2 Å². The quantitative estimate of drug-likeness (QED) is 0.820. The molecule has 0 saturated carbocycles. The number of nitrogen functional groups attached to an aromatic ring is 1. The summed E-state index contributed by atoms with van der Waals surface area (Å²) in [5, 5.41) is 0. The minimum absolute atomic E-state index is 0.127. The highest BCUT2D eigenvalue weighted by Gasteiger charge is 2.32. The average Bonchev–Trinajstić information content (AvgIpc) is 2.10. The molecule has 4 N–H and O–H groups in total. The molecule has 7 heteroatoms. The van der Waals surface area contributed by atoms with E-state index in [2.05, 4.69) is 20.7 Å². The Kier molecular flexibility index (Phi) is 3.46. The summed E-state index contributed by atoms with van der Waals surface area (Å²) < 4.78 is 40.2. The summed E-state index contributed by atoms with van der Waals surface area (Å²) in [6.07, 6.45) is -4.75. The van der Waals surface area contributed by atoms with Gasteiger partial charge in [0.25, 0.3) is 0 Å². The van der Waals surface area contributed by atoms with Crippen molar-refractivity contribution in [3.63, 3.8) is 0 Å². The second-order valence-electron chi connectivity index (χ2n) is 2.69. The van der Waals surface area contributed by atoms with Gasteiger partial charge in [0.15, 0.2) is 0 Å². The van der Waals surface area contributed by atoms with Gasteiger partial charge >= 0.3 is 6.36 Å². The molecule has 1 aromatic carbocycles. The van der Waals surface area contributed by atoms with Gasteiger partial charge in [-0.15, -0.1) is 13.2 Å². The summed E-state index contributed by atoms with van der Waals surface area (Å²) in [4.78, 5) is 0. The maximum absolute atomic E-state index is 12.0. The largest absolute Gasteiger partial charge is 0.573 e. The lowest BCUT2D eigenvalue weighted by Crippen LogP contribution is -2.19. The molecule has 0 saturated heterocycles. The molecule has 0 radical (unpaired) electrons. The Hall–Kier alpha value is -0.950. The molecule has 0 amide bonds. The minimum atomic E-state index is -4.75. The fourth-order valence-corrected chi connectivity index (χ4v) is 1.42. The van der Waals surface area contributed by atoms with Crippen molar-refractivity contribution < 1.29 is 17.9 Å². The number of anilines is 1. The zero-order valence-corrected chi connectivity index (χ0v) is 9.02. The van der Waals surface area contributed by atoms with Gasteiger partial charge in [-0.3, -0.25) is 0 Å². The molecule has 0 unspecified atom stereocenters. The number of benzene rings is 1. The van der Waals surface area contributed by atoms with Crippen LogP contribution in [0.1, 0.15) is 5.56 Å². The molecule has 15 heavy (non-hydrogen) atoms. The van der Waals surface area contributed by atoms with Crippen molar-refractivity contribution in [2.45, 2.75) is 12.9 Å².